The number of rotatable bonds is 7. The van der Waals surface area contributed by atoms with Crippen molar-refractivity contribution >= 4 is 49.6 Å². The minimum Gasteiger partial charge on any atom is -0.309 e. The molecule has 1 aromatic heterocycles. The quantitative estimate of drug-likeness (QED) is 0.162. The predicted octanol–water partition coefficient (Wildman–Crippen LogP) is 14.4. The molecule has 0 atom stereocenters. The van der Waals surface area contributed by atoms with Crippen molar-refractivity contribution in [3.05, 3.63) is 218 Å². The molecule has 0 fully saturated rings. The van der Waals surface area contributed by atoms with E-state index in [1.807, 2.05) is 0 Å². The lowest BCUT2D eigenvalue weighted by Gasteiger charge is -2.29. The number of hydrogen-bond donors (Lipinski definition) is 0. The lowest BCUT2D eigenvalue weighted by atomic mass is 9.95. The summed E-state index contributed by atoms with van der Waals surface area (Å²) in [4.78, 5) is 2.46. The third-order valence-corrected chi connectivity index (χ3v) is 10.6. The van der Waals surface area contributed by atoms with Crippen molar-refractivity contribution in [1.29, 1.82) is 0 Å². The fourth-order valence-electron chi connectivity index (χ4n) is 8.26. The highest BCUT2D eigenvalue weighted by Gasteiger charge is 2.25. The van der Waals surface area contributed by atoms with Gasteiger partial charge in [0.2, 0.25) is 0 Å². The maximum atomic E-state index is 2.50. The molecule has 0 N–H and O–H groups in total. The Kier molecular flexibility index (Phi) is 7.85. The van der Waals surface area contributed by atoms with Crippen LogP contribution in [0.25, 0.3) is 71.6 Å². The fraction of sp³-hybridized carbons (Fsp3) is 0. The molecule has 0 aliphatic rings. The van der Waals surface area contributed by atoms with E-state index in [1.165, 1.54) is 60.6 Å². The van der Waals surface area contributed by atoms with Gasteiger partial charge in [-0.05, 0) is 63.9 Å². The van der Waals surface area contributed by atoms with Crippen molar-refractivity contribution in [2.75, 3.05) is 4.90 Å². The Labute approximate surface area is 315 Å². The SMILES string of the molecule is c1ccc(-c2cccc(-c3ccccc3)c2-n2c3ccccc3c3c(N(c4ccccc4)c4ccccc4-c4cccc5ccccc45)cccc32)cc1. The van der Waals surface area contributed by atoms with E-state index >= 15 is 0 Å². The molecule has 0 radical (unpaired) electrons. The molecule has 1 heterocycles. The fourth-order valence-corrected chi connectivity index (χ4v) is 8.26. The van der Waals surface area contributed by atoms with Crippen LogP contribution >= 0.6 is 0 Å². The molecule has 0 amide bonds. The molecule has 0 aliphatic carbocycles. The summed E-state index contributed by atoms with van der Waals surface area (Å²) >= 11 is 0. The maximum Gasteiger partial charge on any atom is 0.0618 e. The summed E-state index contributed by atoms with van der Waals surface area (Å²) in [5, 5.41) is 4.87. The van der Waals surface area contributed by atoms with Crippen LogP contribution in [-0.2, 0) is 0 Å². The van der Waals surface area contributed by atoms with Gasteiger partial charge < -0.3 is 9.47 Å². The van der Waals surface area contributed by atoms with E-state index in [9.17, 15) is 0 Å². The van der Waals surface area contributed by atoms with E-state index in [1.54, 1.807) is 0 Å². The molecule has 0 bridgehead atoms. The van der Waals surface area contributed by atoms with Crippen LogP contribution in [0.4, 0.5) is 17.1 Å². The van der Waals surface area contributed by atoms with Gasteiger partial charge >= 0.3 is 0 Å². The van der Waals surface area contributed by atoms with E-state index in [2.05, 4.69) is 228 Å². The topological polar surface area (TPSA) is 8.17 Å². The van der Waals surface area contributed by atoms with Crippen LogP contribution in [0.15, 0.2) is 218 Å². The van der Waals surface area contributed by atoms with Crippen molar-refractivity contribution in [3.63, 3.8) is 0 Å². The molecule has 0 saturated heterocycles. The molecule has 2 heteroatoms. The Hall–Kier alpha value is -7.16. The molecule has 10 rings (SSSR count). The third kappa shape index (κ3) is 5.27. The first kappa shape index (κ1) is 31.6. The third-order valence-electron chi connectivity index (χ3n) is 10.6. The second-order valence-corrected chi connectivity index (χ2v) is 13.7. The second kappa shape index (κ2) is 13.4. The molecule has 0 aliphatic heterocycles. The van der Waals surface area contributed by atoms with Crippen LogP contribution in [0.5, 0.6) is 0 Å². The summed E-state index contributed by atoms with van der Waals surface area (Å²) in [6.45, 7) is 0. The minimum atomic E-state index is 1.10. The lowest BCUT2D eigenvalue weighted by Crippen LogP contribution is -2.11. The first-order valence-corrected chi connectivity index (χ1v) is 18.5. The van der Waals surface area contributed by atoms with Crippen LogP contribution in [-0.4, -0.2) is 4.57 Å². The highest BCUT2D eigenvalue weighted by atomic mass is 15.2. The highest BCUT2D eigenvalue weighted by molar-refractivity contribution is 6.18. The number of aromatic nitrogens is 1. The van der Waals surface area contributed by atoms with Gasteiger partial charge in [-0.2, -0.15) is 0 Å². The second-order valence-electron chi connectivity index (χ2n) is 13.7. The van der Waals surface area contributed by atoms with Gasteiger partial charge in [-0.15, -0.1) is 0 Å². The van der Waals surface area contributed by atoms with Crippen LogP contribution in [0, 0.1) is 0 Å². The molecule has 0 spiro atoms. The van der Waals surface area contributed by atoms with Crippen LogP contribution < -0.4 is 4.90 Å². The summed E-state index contributed by atoms with van der Waals surface area (Å²) in [6, 6.07) is 78.9. The van der Waals surface area contributed by atoms with Gasteiger partial charge in [0.1, 0.15) is 0 Å². The largest absolute Gasteiger partial charge is 0.309 e. The summed E-state index contributed by atoms with van der Waals surface area (Å²) in [6.07, 6.45) is 0. The molecule has 0 saturated carbocycles. The average Bonchev–Trinajstić information content (AvgIpc) is 3.59. The number of nitrogens with zero attached hydrogens (tertiary/aromatic N) is 2. The van der Waals surface area contributed by atoms with Gasteiger partial charge in [0.15, 0.2) is 0 Å². The number of fused-ring (bicyclic) bond motifs is 4. The normalized spacial score (nSPS) is 11.3. The summed E-state index contributed by atoms with van der Waals surface area (Å²) < 4.78 is 2.50. The van der Waals surface area contributed by atoms with Crippen molar-refractivity contribution in [2.45, 2.75) is 0 Å². The Bertz CT molecular complexity index is 2860. The van der Waals surface area contributed by atoms with E-state index < -0.39 is 0 Å². The summed E-state index contributed by atoms with van der Waals surface area (Å²) in [7, 11) is 0. The molecule has 254 valence electrons. The van der Waals surface area contributed by atoms with Gasteiger partial charge in [-0.3, -0.25) is 0 Å². The van der Waals surface area contributed by atoms with Crippen molar-refractivity contribution in [1.82, 2.24) is 4.57 Å². The van der Waals surface area contributed by atoms with Gasteiger partial charge in [0, 0.05) is 33.2 Å². The first-order valence-electron chi connectivity index (χ1n) is 18.5. The zero-order valence-corrected chi connectivity index (χ0v) is 29.7. The van der Waals surface area contributed by atoms with E-state index in [0.29, 0.717) is 0 Å². The number of benzene rings is 9. The average molecular weight is 689 g/mol. The first-order chi connectivity index (χ1) is 26.8. The minimum absolute atomic E-state index is 1.10. The summed E-state index contributed by atoms with van der Waals surface area (Å²) in [5.74, 6) is 0. The van der Waals surface area contributed by atoms with Crippen LogP contribution in [0.3, 0.4) is 0 Å². The molecule has 0 unspecified atom stereocenters. The lowest BCUT2D eigenvalue weighted by molar-refractivity contribution is 1.18. The van der Waals surface area contributed by atoms with Gasteiger partial charge in [0.05, 0.1) is 28.1 Å². The van der Waals surface area contributed by atoms with Crippen molar-refractivity contribution < 1.29 is 0 Å². The highest BCUT2D eigenvalue weighted by Crippen LogP contribution is 2.48. The zero-order chi connectivity index (χ0) is 35.8. The van der Waals surface area contributed by atoms with Gasteiger partial charge in [-0.25, -0.2) is 0 Å². The monoisotopic (exact) mass is 688 g/mol. The molecular formula is C52H36N2. The van der Waals surface area contributed by atoms with Crippen molar-refractivity contribution in [2.24, 2.45) is 0 Å². The predicted molar refractivity (Wildman–Crippen MR) is 229 cm³/mol. The van der Waals surface area contributed by atoms with Crippen LogP contribution in [0.2, 0.25) is 0 Å². The maximum absolute atomic E-state index is 2.50. The zero-order valence-electron chi connectivity index (χ0n) is 29.7. The van der Waals surface area contributed by atoms with E-state index in [0.717, 1.165) is 28.1 Å². The number of para-hydroxylation sites is 4. The number of anilines is 3. The Balaban J connectivity index is 1.31. The molecule has 54 heavy (non-hydrogen) atoms. The molecule has 2 nitrogen and oxygen atoms in total. The Morgan fingerprint density at radius 1 is 0.315 bits per heavy atom. The molecule has 10 aromatic rings. The van der Waals surface area contributed by atoms with Crippen LogP contribution in [0.1, 0.15) is 0 Å². The van der Waals surface area contributed by atoms with Gasteiger partial charge in [-0.1, -0.05) is 182 Å². The standard InChI is InChI=1S/C52H36N2/c1-4-19-38(20-5-1)42-30-17-31-43(39-21-6-2-7-22-39)52(42)54-48-34-15-13-29-46(48)51-49(35-18-36-50(51)54)53(40-25-8-3-9-26-40)47-33-14-12-28-45(47)44-32-16-24-37-23-10-11-27-41(37)44/h1-36H. The Morgan fingerprint density at radius 2 is 0.796 bits per heavy atom. The number of hydrogen-bond acceptors (Lipinski definition) is 1. The summed E-state index contributed by atoms with van der Waals surface area (Å²) in [5.41, 5.74) is 14.0. The Morgan fingerprint density at radius 3 is 1.54 bits per heavy atom. The van der Waals surface area contributed by atoms with E-state index in [-0.39, 0.29) is 0 Å². The van der Waals surface area contributed by atoms with E-state index in [4.69, 9.17) is 0 Å². The van der Waals surface area contributed by atoms with Crippen molar-refractivity contribution in [3.8, 4) is 39.1 Å². The smallest absolute Gasteiger partial charge is 0.0618 e. The molecule has 9 aromatic carbocycles. The van der Waals surface area contributed by atoms with Gasteiger partial charge in [0.25, 0.3) is 0 Å². The molecular weight excluding hydrogens is 653 g/mol.